The van der Waals surface area contributed by atoms with Gasteiger partial charge in [0.15, 0.2) is 0 Å². The minimum atomic E-state index is -0.886. The van der Waals surface area contributed by atoms with Gasteiger partial charge in [-0.25, -0.2) is 0 Å². The first-order valence-corrected chi connectivity index (χ1v) is 6.03. The maximum absolute atomic E-state index is 12.0. The molecule has 0 aromatic rings. The number of carboxylic acid groups (broad SMARTS) is 1. The molecule has 1 aliphatic carbocycles. The first kappa shape index (κ1) is 14.0. The van der Waals surface area contributed by atoms with Crippen molar-refractivity contribution in [3.63, 3.8) is 0 Å². The Labute approximate surface area is 101 Å². The van der Waals surface area contributed by atoms with Gasteiger partial charge in [0.1, 0.15) is 0 Å². The molecule has 98 valence electrons. The fraction of sp³-hybridized carbons (Fsp3) is 0.833. The fourth-order valence-corrected chi connectivity index (χ4v) is 2.34. The maximum atomic E-state index is 12.0. The second kappa shape index (κ2) is 5.49. The molecule has 3 N–H and O–H groups in total. The zero-order valence-electron chi connectivity index (χ0n) is 10.4. The van der Waals surface area contributed by atoms with Crippen LogP contribution in [0.2, 0.25) is 0 Å². The Morgan fingerprint density at radius 3 is 2.41 bits per heavy atom. The van der Waals surface area contributed by atoms with Crippen molar-refractivity contribution in [2.45, 2.75) is 45.1 Å². The van der Waals surface area contributed by atoms with Gasteiger partial charge in [0, 0.05) is 12.1 Å². The van der Waals surface area contributed by atoms with Crippen LogP contribution in [0.4, 0.5) is 0 Å². The summed E-state index contributed by atoms with van der Waals surface area (Å²) in [5, 5.41) is 20.7. The number of aliphatic hydroxyl groups is 1. The molecule has 0 aromatic carbocycles. The molecular weight excluding hydrogens is 222 g/mol. The summed E-state index contributed by atoms with van der Waals surface area (Å²) in [5.74, 6) is -2.07. The Kier molecular flexibility index (Phi) is 4.51. The molecule has 5 nitrogen and oxygen atoms in total. The minimum absolute atomic E-state index is 0.000303. The SMILES string of the molecule is CC(C)(CCO)NC(=O)[C@@H]1CCC[C@@H]1C(=O)O. The first-order chi connectivity index (χ1) is 7.87. The molecule has 0 unspecified atom stereocenters. The van der Waals surface area contributed by atoms with E-state index in [1.807, 2.05) is 13.8 Å². The van der Waals surface area contributed by atoms with Crippen LogP contribution in [-0.2, 0) is 9.59 Å². The van der Waals surface area contributed by atoms with Crippen molar-refractivity contribution in [2.24, 2.45) is 11.8 Å². The van der Waals surface area contributed by atoms with Gasteiger partial charge in [0.2, 0.25) is 5.91 Å². The standard InChI is InChI=1S/C12H21NO4/c1-12(2,6-7-14)13-10(15)8-4-3-5-9(8)11(16)17/h8-9,14H,3-7H2,1-2H3,(H,13,15)(H,16,17)/t8-,9+/m1/s1. The molecule has 1 fully saturated rings. The lowest BCUT2D eigenvalue weighted by Gasteiger charge is -2.28. The quantitative estimate of drug-likeness (QED) is 0.665. The predicted octanol–water partition coefficient (Wildman–Crippen LogP) is 0.764. The Balaban J connectivity index is 2.61. The van der Waals surface area contributed by atoms with Crippen LogP contribution in [0.3, 0.4) is 0 Å². The van der Waals surface area contributed by atoms with Crippen LogP contribution < -0.4 is 5.32 Å². The highest BCUT2D eigenvalue weighted by Crippen LogP contribution is 2.32. The molecule has 0 bridgehead atoms. The maximum Gasteiger partial charge on any atom is 0.307 e. The van der Waals surface area contributed by atoms with Gasteiger partial charge in [-0.1, -0.05) is 6.42 Å². The van der Waals surface area contributed by atoms with Crippen molar-refractivity contribution >= 4 is 11.9 Å². The molecule has 5 heteroatoms. The van der Waals surface area contributed by atoms with Crippen molar-refractivity contribution < 1.29 is 19.8 Å². The van der Waals surface area contributed by atoms with Gasteiger partial charge >= 0.3 is 5.97 Å². The van der Waals surface area contributed by atoms with E-state index in [9.17, 15) is 9.59 Å². The monoisotopic (exact) mass is 243 g/mol. The van der Waals surface area contributed by atoms with Crippen LogP contribution >= 0.6 is 0 Å². The number of carboxylic acids is 1. The Hall–Kier alpha value is -1.10. The number of hydrogen-bond acceptors (Lipinski definition) is 3. The molecule has 1 saturated carbocycles. The summed E-state index contributed by atoms with van der Waals surface area (Å²) in [6.07, 6.45) is 2.46. The third kappa shape index (κ3) is 3.70. The van der Waals surface area contributed by atoms with Crippen LogP contribution in [0.5, 0.6) is 0 Å². The van der Waals surface area contributed by atoms with E-state index in [4.69, 9.17) is 10.2 Å². The Morgan fingerprint density at radius 2 is 1.88 bits per heavy atom. The van der Waals surface area contributed by atoms with Crippen molar-refractivity contribution in [1.82, 2.24) is 5.32 Å². The predicted molar refractivity (Wildman–Crippen MR) is 62.4 cm³/mol. The van der Waals surface area contributed by atoms with Crippen LogP contribution in [0.15, 0.2) is 0 Å². The molecule has 0 aromatic heterocycles. The van der Waals surface area contributed by atoms with Crippen molar-refractivity contribution in [2.75, 3.05) is 6.61 Å². The third-order valence-corrected chi connectivity index (χ3v) is 3.37. The van der Waals surface area contributed by atoms with Crippen molar-refractivity contribution in [1.29, 1.82) is 0 Å². The van der Waals surface area contributed by atoms with Crippen molar-refractivity contribution in [3.8, 4) is 0 Å². The molecule has 0 heterocycles. The van der Waals surface area contributed by atoms with E-state index in [0.29, 0.717) is 19.3 Å². The van der Waals surface area contributed by atoms with Gasteiger partial charge in [-0.3, -0.25) is 9.59 Å². The molecule has 0 aliphatic heterocycles. The number of aliphatic hydroxyl groups excluding tert-OH is 1. The van der Waals surface area contributed by atoms with Crippen LogP contribution in [0.1, 0.15) is 39.5 Å². The topological polar surface area (TPSA) is 86.6 Å². The zero-order chi connectivity index (χ0) is 13.1. The van der Waals surface area contributed by atoms with E-state index < -0.39 is 23.3 Å². The summed E-state index contributed by atoms with van der Waals surface area (Å²) in [6, 6.07) is 0. The number of hydrogen-bond donors (Lipinski definition) is 3. The number of carbonyl (C=O) groups is 2. The summed E-state index contributed by atoms with van der Waals surface area (Å²) in [7, 11) is 0. The van der Waals surface area contributed by atoms with Crippen molar-refractivity contribution in [3.05, 3.63) is 0 Å². The lowest BCUT2D eigenvalue weighted by molar-refractivity contribution is -0.146. The number of carbonyl (C=O) groups excluding carboxylic acids is 1. The Morgan fingerprint density at radius 1 is 1.29 bits per heavy atom. The molecular formula is C12H21NO4. The average Bonchev–Trinajstić information content (AvgIpc) is 2.64. The summed E-state index contributed by atoms with van der Waals surface area (Å²) >= 11 is 0. The summed E-state index contributed by atoms with van der Waals surface area (Å²) in [5.41, 5.74) is -0.489. The molecule has 1 aliphatic rings. The number of amides is 1. The largest absolute Gasteiger partial charge is 0.481 e. The van der Waals surface area contributed by atoms with Crippen LogP contribution in [-0.4, -0.2) is 34.2 Å². The number of rotatable bonds is 5. The number of nitrogens with one attached hydrogen (secondary N) is 1. The van der Waals surface area contributed by atoms with E-state index in [1.165, 1.54) is 0 Å². The Bertz CT molecular complexity index is 301. The second-order valence-corrected chi connectivity index (χ2v) is 5.33. The zero-order valence-corrected chi connectivity index (χ0v) is 10.4. The minimum Gasteiger partial charge on any atom is -0.481 e. The highest BCUT2D eigenvalue weighted by atomic mass is 16.4. The van der Waals surface area contributed by atoms with Crippen LogP contribution in [0.25, 0.3) is 0 Å². The fourth-order valence-electron chi connectivity index (χ4n) is 2.34. The smallest absolute Gasteiger partial charge is 0.307 e. The molecule has 1 amide bonds. The molecule has 0 saturated heterocycles. The van der Waals surface area contributed by atoms with E-state index in [1.54, 1.807) is 0 Å². The van der Waals surface area contributed by atoms with Crippen LogP contribution in [0, 0.1) is 11.8 Å². The van der Waals surface area contributed by atoms with E-state index in [0.717, 1.165) is 6.42 Å². The third-order valence-electron chi connectivity index (χ3n) is 3.37. The second-order valence-electron chi connectivity index (χ2n) is 5.33. The number of aliphatic carboxylic acids is 1. The van der Waals surface area contributed by atoms with E-state index in [2.05, 4.69) is 5.32 Å². The normalized spacial score (nSPS) is 24.6. The molecule has 1 rings (SSSR count). The van der Waals surface area contributed by atoms with Gasteiger partial charge in [-0.15, -0.1) is 0 Å². The lowest BCUT2D eigenvalue weighted by Crippen LogP contribution is -2.47. The highest BCUT2D eigenvalue weighted by molar-refractivity contribution is 5.85. The van der Waals surface area contributed by atoms with E-state index in [-0.39, 0.29) is 12.5 Å². The lowest BCUT2D eigenvalue weighted by atomic mass is 9.93. The molecule has 0 spiro atoms. The summed E-state index contributed by atoms with van der Waals surface area (Å²) in [6.45, 7) is 3.65. The van der Waals surface area contributed by atoms with Gasteiger partial charge < -0.3 is 15.5 Å². The van der Waals surface area contributed by atoms with Gasteiger partial charge in [0.25, 0.3) is 0 Å². The summed E-state index contributed by atoms with van der Waals surface area (Å²) in [4.78, 5) is 23.0. The van der Waals surface area contributed by atoms with Gasteiger partial charge in [0.05, 0.1) is 11.8 Å². The average molecular weight is 243 g/mol. The van der Waals surface area contributed by atoms with Gasteiger partial charge in [-0.2, -0.15) is 0 Å². The van der Waals surface area contributed by atoms with E-state index >= 15 is 0 Å². The highest BCUT2D eigenvalue weighted by Gasteiger charge is 2.39. The molecule has 2 atom stereocenters. The first-order valence-electron chi connectivity index (χ1n) is 6.03. The summed E-state index contributed by atoms with van der Waals surface area (Å²) < 4.78 is 0. The molecule has 0 radical (unpaired) electrons. The molecule has 17 heavy (non-hydrogen) atoms. The van der Waals surface area contributed by atoms with Gasteiger partial charge in [-0.05, 0) is 33.1 Å².